The first-order chi connectivity index (χ1) is 12.4. The second kappa shape index (κ2) is 13.9. The first-order valence-corrected chi connectivity index (χ1v) is 15.2. The van der Waals surface area contributed by atoms with Gasteiger partial charge in [-0.05, 0) is 25.9 Å². The first kappa shape index (κ1) is 32.7. The van der Waals surface area contributed by atoms with Crippen molar-refractivity contribution in [1.82, 2.24) is 9.80 Å². The Morgan fingerprint density at radius 3 is 0.862 bits per heavy atom. The van der Waals surface area contributed by atoms with E-state index >= 15 is 0 Å². The molecule has 172 valence electrons. The van der Waals surface area contributed by atoms with Crippen molar-refractivity contribution in [3.63, 3.8) is 0 Å². The van der Waals surface area contributed by atoms with Crippen molar-refractivity contribution in [3.05, 3.63) is 0 Å². The van der Waals surface area contributed by atoms with Gasteiger partial charge in [-0.3, -0.25) is 28.1 Å². The molecule has 0 atom stereocenters. The van der Waals surface area contributed by atoms with Crippen LogP contribution in [0.25, 0.3) is 0 Å². The molecule has 0 aromatic carbocycles. The zero-order chi connectivity index (χ0) is 22.2. The van der Waals surface area contributed by atoms with E-state index in [1.807, 2.05) is 0 Å². The molecule has 0 saturated carbocycles. The van der Waals surface area contributed by atoms with E-state index in [-0.39, 0.29) is 44.1 Å². The van der Waals surface area contributed by atoms with E-state index in [4.69, 9.17) is 39.1 Å². The molecule has 0 rings (SSSR count). The van der Waals surface area contributed by atoms with Crippen molar-refractivity contribution in [2.75, 3.05) is 38.2 Å². The predicted octanol–water partition coefficient (Wildman–Crippen LogP) is -3.19. The number of unbranched alkanes of at least 4 members (excludes halogenated alkanes) is 3. The molecule has 0 heterocycles. The summed E-state index contributed by atoms with van der Waals surface area (Å²) in [6, 6.07) is 0. The van der Waals surface area contributed by atoms with Gasteiger partial charge in [0.05, 0.1) is 0 Å². The van der Waals surface area contributed by atoms with E-state index in [1.54, 1.807) is 0 Å². The zero-order valence-corrected chi connectivity index (χ0v) is 21.5. The Hall–Kier alpha value is 1.52. The van der Waals surface area contributed by atoms with Crippen LogP contribution >= 0.6 is 30.4 Å². The number of hydrogen-bond donors (Lipinski definition) is 8. The standard InChI is InChI=1S/C10H28N2O12P4.Na.H/c13-25(14,15)7-11(8-26(16,17)18)5-3-1-2-4-6-12(9-27(19,20)21)10-28(22,23)24;;/h1-10H2,(H2,13,14,15)(H2,16,17,18)(H2,19,20,21)(H2,22,23,24);;/q;+1;-1. The van der Waals surface area contributed by atoms with Crippen molar-refractivity contribution in [3.8, 4) is 0 Å². The van der Waals surface area contributed by atoms with Gasteiger partial charge in [-0.2, -0.15) is 0 Å². The van der Waals surface area contributed by atoms with Gasteiger partial charge in [0.25, 0.3) is 0 Å². The molecule has 19 heteroatoms. The van der Waals surface area contributed by atoms with E-state index < -0.39 is 55.5 Å². The van der Waals surface area contributed by atoms with Crippen molar-refractivity contribution in [2.45, 2.75) is 25.7 Å². The summed E-state index contributed by atoms with van der Waals surface area (Å²) < 4.78 is 44.1. The minimum atomic E-state index is -4.49. The largest absolute Gasteiger partial charge is 1.00 e. The van der Waals surface area contributed by atoms with Gasteiger partial charge < -0.3 is 40.6 Å². The molecular formula is C10H29N2NaO12P4. The Bertz CT molecular complexity index is 559. The van der Waals surface area contributed by atoms with E-state index in [9.17, 15) is 18.3 Å². The van der Waals surface area contributed by atoms with Crippen LogP contribution in [0.4, 0.5) is 0 Å². The smallest absolute Gasteiger partial charge is 1.00 e. The molecule has 0 bridgehead atoms. The number of rotatable bonds is 15. The monoisotopic (exact) mass is 516 g/mol. The van der Waals surface area contributed by atoms with Gasteiger partial charge in [-0.1, -0.05) is 12.8 Å². The summed E-state index contributed by atoms with van der Waals surface area (Å²) in [5, 5.41) is 0. The quantitative estimate of drug-likeness (QED) is 0.0608. The molecule has 0 aliphatic heterocycles. The summed E-state index contributed by atoms with van der Waals surface area (Å²) in [6.07, 6.45) is -1.55. The van der Waals surface area contributed by atoms with Crippen LogP contribution in [-0.2, 0) is 18.3 Å². The summed E-state index contributed by atoms with van der Waals surface area (Å²) in [5.74, 6) is 0. The Morgan fingerprint density at radius 2 is 0.690 bits per heavy atom. The van der Waals surface area contributed by atoms with E-state index in [0.717, 1.165) is 9.80 Å². The minimum absolute atomic E-state index is 0. The summed E-state index contributed by atoms with van der Waals surface area (Å²) in [4.78, 5) is 73.6. The third-order valence-corrected chi connectivity index (χ3v) is 6.31. The van der Waals surface area contributed by atoms with Gasteiger partial charge in [-0.25, -0.2) is 0 Å². The molecule has 0 unspecified atom stereocenters. The van der Waals surface area contributed by atoms with Crippen LogP contribution in [0.2, 0.25) is 0 Å². The van der Waals surface area contributed by atoms with Crippen molar-refractivity contribution in [1.29, 1.82) is 0 Å². The fourth-order valence-electron chi connectivity index (χ4n) is 2.44. The van der Waals surface area contributed by atoms with E-state index in [1.165, 1.54) is 0 Å². The Kier molecular flexibility index (Phi) is 15.7. The second-order valence-corrected chi connectivity index (χ2v) is 12.9. The van der Waals surface area contributed by atoms with Gasteiger partial charge in [0.2, 0.25) is 0 Å². The molecule has 0 aromatic heterocycles. The van der Waals surface area contributed by atoms with Crippen molar-refractivity contribution < 1.29 is 88.4 Å². The summed E-state index contributed by atoms with van der Waals surface area (Å²) >= 11 is 0. The maximum atomic E-state index is 11.0. The topological polar surface area (TPSA) is 237 Å². The fourth-order valence-corrected chi connectivity index (χ4v) is 5.80. The van der Waals surface area contributed by atoms with E-state index in [2.05, 4.69) is 0 Å². The van der Waals surface area contributed by atoms with E-state index in [0.29, 0.717) is 25.7 Å². The maximum Gasteiger partial charge on any atom is 1.00 e. The SMILES string of the molecule is O=P(O)(O)CN(CCCCCCN(CP(=O)(O)O)CP(=O)(O)O)CP(=O)(O)O.[H-].[Na+]. The Balaban J connectivity index is -0.00000364. The number of hydrogen-bond acceptors (Lipinski definition) is 6. The van der Waals surface area contributed by atoms with Crippen LogP contribution < -0.4 is 29.6 Å². The zero-order valence-electron chi connectivity index (χ0n) is 17.0. The maximum absolute atomic E-state index is 11.0. The molecule has 0 spiro atoms. The van der Waals surface area contributed by atoms with Gasteiger partial charge in [0, 0.05) is 0 Å². The molecule has 0 saturated heterocycles. The van der Waals surface area contributed by atoms with Gasteiger partial charge in [0.15, 0.2) is 0 Å². The molecule has 14 nitrogen and oxygen atoms in total. The van der Waals surface area contributed by atoms with Crippen LogP contribution in [0.5, 0.6) is 0 Å². The molecule has 0 amide bonds. The molecule has 0 radical (unpaired) electrons. The van der Waals surface area contributed by atoms with Crippen LogP contribution in [0.1, 0.15) is 27.1 Å². The molecular weight excluding hydrogens is 487 g/mol. The minimum Gasteiger partial charge on any atom is -1.00 e. The third-order valence-electron chi connectivity index (χ3n) is 3.24. The van der Waals surface area contributed by atoms with Gasteiger partial charge >= 0.3 is 59.9 Å². The van der Waals surface area contributed by atoms with Crippen LogP contribution in [0.15, 0.2) is 0 Å². The normalized spacial score (nSPS) is 13.7. The first-order valence-electron chi connectivity index (χ1n) is 7.99. The van der Waals surface area contributed by atoms with Gasteiger partial charge in [-0.15, -0.1) is 0 Å². The fraction of sp³-hybridized carbons (Fsp3) is 1.00. The van der Waals surface area contributed by atoms with Gasteiger partial charge in [0.1, 0.15) is 25.1 Å². The second-order valence-electron chi connectivity index (χ2n) is 6.43. The summed E-state index contributed by atoms with van der Waals surface area (Å²) in [6.45, 7) is 0.0375. The third kappa shape index (κ3) is 24.0. The predicted molar refractivity (Wildman–Crippen MR) is 101 cm³/mol. The molecule has 29 heavy (non-hydrogen) atoms. The average Bonchev–Trinajstić information content (AvgIpc) is 2.34. The van der Waals surface area contributed by atoms with Crippen molar-refractivity contribution >= 4 is 30.4 Å². The molecule has 0 fully saturated rings. The average molecular weight is 516 g/mol. The molecule has 0 aromatic rings. The van der Waals surface area contributed by atoms with Crippen molar-refractivity contribution in [2.24, 2.45) is 0 Å². The van der Waals surface area contributed by atoms with Crippen LogP contribution in [-0.4, -0.2) is 87.2 Å². The Labute approximate surface area is 192 Å². The molecule has 0 aliphatic carbocycles. The summed E-state index contributed by atoms with van der Waals surface area (Å²) in [5.41, 5.74) is 0. The number of nitrogens with zero attached hydrogens (tertiary/aromatic N) is 2. The molecule has 8 N–H and O–H groups in total. The summed E-state index contributed by atoms with van der Waals surface area (Å²) in [7, 11) is -18.0. The van der Waals surface area contributed by atoms with Crippen LogP contribution in [0.3, 0.4) is 0 Å². The van der Waals surface area contributed by atoms with Crippen LogP contribution in [0, 0.1) is 0 Å². The Morgan fingerprint density at radius 1 is 0.483 bits per heavy atom. The molecule has 0 aliphatic rings.